The van der Waals surface area contributed by atoms with Crippen LogP contribution in [-0.2, 0) is 6.54 Å². The molecule has 1 fully saturated rings. The van der Waals surface area contributed by atoms with Gasteiger partial charge in [0.05, 0.1) is 14.2 Å². The number of hydrogen-bond acceptors (Lipinski definition) is 4. The fourth-order valence-corrected chi connectivity index (χ4v) is 3.66. The molecule has 1 aliphatic heterocycles. The summed E-state index contributed by atoms with van der Waals surface area (Å²) in [5, 5.41) is 6.97. The van der Waals surface area contributed by atoms with Crippen LogP contribution >= 0.6 is 15.9 Å². The minimum absolute atomic E-state index is 0.400. The first kappa shape index (κ1) is 20.8. The molecule has 0 aromatic heterocycles. The van der Waals surface area contributed by atoms with Crippen LogP contribution in [0.15, 0.2) is 21.6 Å². The maximum absolute atomic E-state index is 5.40. The average Bonchev–Trinajstić information content (AvgIpc) is 2.99. The van der Waals surface area contributed by atoms with Gasteiger partial charge in [-0.15, -0.1) is 0 Å². The second-order valence-electron chi connectivity index (χ2n) is 7.00. The van der Waals surface area contributed by atoms with E-state index in [1.807, 2.05) is 12.1 Å². The molecular formula is C19H31BrN4O2. The summed E-state index contributed by atoms with van der Waals surface area (Å²) in [4.78, 5) is 6.88. The van der Waals surface area contributed by atoms with E-state index in [1.165, 1.54) is 0 Å². The van der Waals surface area contributed by atoms with E-state index in [0.717, 1.165) is 29.1 Å². The molecule has 0 spiro atoms. The first-order valence-corrected chi connectivity index (χ1v) is 9.80. The molecule has 7 heteroatoms. The standard InChI is InChI=1S/C19H31BrN4O2/c1-12(2)24-10-13(3)16(11-24)23-19(21-4)22-9-14-7-17(25-5)18(26-6)8-15(14)20/h7-8,12-13,16H,9-11H2,1-6H3,(H2,21,22,23). The number of likely N-dealkylation sites (tertiary alicyclic amines) is 1. The fraction of sp³-hybridized carbons (Fsp3) is 0.632. The van der Waals surface area contributed by atoms with Crippen molar-refractivity contribution in [3.8, 4) is 11.5 Å². The van der Waals surface area contributed by atoms with Crippen molar-refractivity contribution in [3.63, 3.8) is 0 Å². The lowest BCUT2D eigenvalue weighted by atomic mass is 10.1. The molecule has 26 heavy (non-hydrogen) atoms. The van der Waals surface area contributed by atoms with Crippen molar-refractivity contribution in [2.45, 2.75) is 39.4 Å². The van der Waals surface area contributed by atoms with Gasteiger partial charge in [-0.05, 0) is 37.5 Å². The molecule has 0 amide bonds. The van der Waals surface area contributed by atoms with Crippen molar-refractivity contribution in [3.05, 3.63) is 22.2 Å². The highest BCUT2D eigenvalue weighted by Crippen LogP contribution is 2.33. The van der Waals surface area contributed by atoms with Gasteiger partial charge in [-0.3, -0.25) is 9.89 Å². The van der Waals surface area contributed by atoms with E-state index in [9.17, 15) is 0 Å². The predicted octanol–water partition coefficient (Wildman–Crippen LogP) is 2.86. The minimum atomic E-state index is 0.400. The smallest absolute Gasteiger partial charge is 0.191 e. The second-order valence-corrected chi connectivity index (χ2v) is 7.85. The number of aliphatic imine (C=N–C) groups is 1. The van der Waals surface area contributed by atoms with Crippen LogP contribution in [0.1, 0.15) is 26.3 Å². The van der Waals surface area contributed by atoms with Gasteiger partial charge in [0.1, 0.15) is 0 Å². The average molecular weight is 427 g/mol. The number of hydrogen-bond donors (Lipinski definition) is 2. The summed E-state index contributed by atoms with van der Waals surface area (Å²) in [6.07, 6.45) is 0. The summed E-state index contributed by atoms with van der Waals surface area (Å²) in [7, 11) is 5.08. The van der Waals surface area contributed by atoms with Crippen molar-refractivity contribution in [2.24, 2.45) is 10.9 Å². The summed E-state index contributed by atoms with van der Waals surface area (Å²) in [5.74, 6) is 2.82. The van der Waals surface area contributed by atoms with Crippen LogP contribution in [0, 0.1) is 5.92 Å². The highest BCUT2D eigenvalue weighted by molar-refractivity contribution is 9.10. The van der Waals surface area contributed by atoms with E-state index >= 15 is 0 Å². The Morgan fingerprint density at radius 3 is 2.46 bits per heavy atom. The lowest BCUT2D eigenvalue weighted by molar-refractivity contribution is 0.265. The first-order chi connectivity index (χ1) is 12.4. The largest absolute Gasteiger partial charge is 0.493 e. The molecule has 2 N–H and O–H groups in total. The Kier molecular flexibility index (Phi) is 7.58. The Hall–Kier alpha value is -1.47. The molecule has 1 aliphatic rings. The van der Waals surface area contributed by atoms with Crippen LogP contribution in [0.5, 0.6) is 11.5 Å². The Bertz CT molecular complexity index is 636. The number of halogens is 1. The number of nitrogens with one attached hydrogen (secondary N) is 2. The lowest BCUT2D eigenvalue weighted by Crippen LogP contribution is -2.46. The minimum Gasteiger partial charge on any atom is -0.493 e. The number of rotatable bonds is 6. The number of nitrogens with zero attached hydrogens (tertiary/aromatic N) is 2. The first-order valence-electron chi connectivity index (χ1n) is 9.01. The van der Waals surface area contributed by atoms with Gasteiger partial charge in [0.15, 0.2) is 17.5 Å². The normalized spacial score (nSPS) is 21.2. The molecule has 1 saturated heterocycles. The second kappa shape index (κ2) is 9.46. The molecule has 146 valence electrons. The van der Waals surface area contributed by atoms with Crippen molar-refractivity contribution in [1.82, 2.24) is 15.5 Å². The van der Waals surface area contributed by atoms with Crippen molar-refractivity contribution in [2.75, 3.05) is 34.4 Å². The van der Waals surface area contributed by atoms with Gasteiger partial charge in [0, 0.05) is 43.2 Å². The maximum atomic E-state index is 5.40. The molecule has 6 nitrogen and oxygen atoms in total. The molecule has 2 rings (SSSR count). The third-order valence-corrected chi connectivity index (χ3v) is 5.65. The van der Waals surface area contributed by atoms with E-state index in [0.29, 0.717) is 36.0 Å². The van der Waals surface area contributed by atoms with Crippen molar-refractivity contribution < 1.29 is 9.47 Å². The molecule has 1 aromatic rings. The highest BCUT2D eigenvalue weighted by atomic mass is 79.9. The van der Waals surface area contributed by atoms with Crippen LogP contribution in [0.3, 0.4) is 0 Å². The molecule has 2 atom stereocenters. The summed E-state index contributed by atoms with van der Waals surface area (Å²) in [6, 6.07) is 4.87. The van der Waals surface area contributed by atoms with Gasteiger partial charge in [0.25, 0.3) is 0 Å². The Labute approximate surface area is 165 Å². The lowest BCUT2D eigenvalue weighted by Gasteiger charge is -2.22. The van der Waals surface area contributed by atoms with Crippen LogP contribution in [0.25, 0.3) is 0 Å². The predicted molar refractivity (Wildman–Crippen MR) is 110 cm³/mol. The van der Waals surface area contributed by atoms with E-state index < -0.39 is 0 Å². The molecular weight excluding hydrogens is 396 g/mol. The number of guanidine groups is 1. The number of ether oxygens (including phenoxy) is 2. The third kappa shape index (κ3) is 5.04. The molecule has 1 heterocycles. The van der Waals surface area contributed by atoms with Crippen molar-refractivity contribution in [1.29, 1.82) is 0 Å². The molecule has 2 unspecified atom stereocenters. The zero-order chi connectivity index (χ0) is 19.3. The van der Waals surface area contributed by atoms with Gasteiger partial charge in [-0.1, -0.05) is 22.9 Å². The SMILES string of the molecule is CN=C(NCc1cc(OC)c(OC)cc1Br)NC1CN(C(C)C)CC1C. The van der Waals surface area contributed by atoms with Crippen molar-refractivity contribution >= 4 is 21.9 Å². The Morgan fingerprint density at radius 2 is 1.92 bits per heavy atom. The van der Waals surface area contributed by atoms with Crippen LogP contribution in [-0.4, -0.2) is 57.3 Å². The Balaban J connectivity index is 1.99. The van der Waals surface area contributed by atoms with Gasteiger partial charge < -0.3 is 20.1 Å². The van der Waals surface area contributed by atoms with Gasteiger partial charge in [-0.2, -0.15) is 0 Å². The summed E-state index contributed by atoms with van der Waals surface area (Å²) < 4.78 is 11.7. The molecule has 0 aliphatic carbocycles. The molecule has 0 radical (unpaired) electrons. The molecule has 1 aromatic carbocycles. The highest BCUT2D eigenvalue weighted by Gasteiger charge is 2.31. The van der Waals surface area contributed by atoms with Gasteiger partial charge in [0.2, 0.25) is 0 Å². The summed E-state index contributed by atoms with van der Waals surface area (Å²) >= 11 is 3.60. The summed E-state index contributed by atoms with van der Waals surface area (Å²) in [6.45, 7) is 9.58. The molecule has 0 saturated carbocycles. The fourth-order valence-electron chi connectivity index (χ4n) is 3.19. The van der Waals surface area contributed by atoms with E-state index in [4.69, 9.17) is 9.47 Å². The zero-order valence-corrected chi connectivity index (χ0v) is 18.2. The number of methoxy groups -OCH3 is 2. The quantitative estimate of drug-likeness (QED) is 0.540. The van der Waals surface area contributed by atoms with E-state index in [1.54, 1.807) is 21.3 Å². The van der Waals surface area contributed by atoms with Crippen LogP contribution in [0.4, 0.5) is 0 Å². The van der Waals surface area contributed by atoms with Crippen LogP contribution in [0.2, 0.25) is 0 Å². The third-order valence-electron chi connectivity index (χ3n) is 4.92. The summed E-state index contributed by atoms with van der Waals surface area (Å²) in [5.41, 5.74) is 1.08. The van der Waals surface area contributed by atoms with Gasteiger partial charge >= 0.3 is 0 Å². The number of benzene rings is 1. The molecule has 0 bridgehead atoms. The van der Waals surface area contributed by atoms with E-state index in [-0.39, 0.29) is 0 Å². The monoisotopic (exact) mass is 426 g/mol. The topological polar surface area (TPSA) is 58.1 Å². The van der Waals surface area contributed by atoms with E-state index in [2.05, 4.69) is 57.2 Å². The maximum Gasteiger partial charge on any atom is 0.191 e. The zero-order valence-electron chi connectivity index (χ0n) is 16.6. The Morgan fingerprint density at radius 1 is 1.27 bits per heavy atom. The van der Waals surface area contributed by atoms with Gasteiger partial charge in [-0.25, -0.2) is 0 Å². The van der Waals surface area contributed by atoms with Crippen LogP contribution < -0.4 is 20.1 Å².